The van der Waals surface area contributed by atoms with E-state index in [-0.39, 0.29) is 29.3 Å². The SMILES string of the molecule is Nc1nc2c(c(N3CCC3Sc3nn4ccc(Cl)c4c(=O)n3Cc3ccccn3)n1)C(=O)NCC2. The summed E-state index contributed by atoms with van der Waals surface area (Å²) in [5.74, 6) is 0.445. The second-order valence-electron chi connectivity index (χ2n) is 8.24. The molecule has 1 unspecified atom stereocenters. The van der Waals surface area contributed by atoms with Crippen molar-refractivity contribution in [1.29, 1.82) is 0 Å². The molecule has 0 aromatic carbocycles. The Morgan fingerprint density at radius 1 is 1.23 bits per heavy atom. The van der Waals surface area contributed by atoms with Crippen molar-refractivity contribution >= 4 is 46.6 Å². The number of aromatic nitrogens is 6. The van der Waals surface area contributed by atoms with Gasteiger partial charge in [0.05, 0.1) is 28.3 Å². The second-order valence-corrected chi connectivity index (χ2v) is 9.79. The predicted molar refractivity (Wildman–Crippen MR) is 132 cm³/mol. The number of nitrogen functional groups attached to an aromatic ring is 1. The molecule has 3 N–H and O–H groups in total. The lowest BCUT2D eigenvalue weighted by molar-refractivity contribution is 0.0945. The van der Waals surface area contributed by atoms with Gasteiger partial charge in [0.25, 0.3) is 11.5 Å². The molecule has 178 valence electrons. The van der Waals surface area contributed by atoms with Crippen molar-refractivity contribution in [2.45, 2.75) is 29.9 Å². The lowest BCUT2D eigenvalue weighted by Crippen LogP contribution is -2.48. The fraction of sp³-hybridized carbons (Fsp3) is 0.273. The van der Waals surface area contributed by atoms with Crippen LogP contribution in [0.4, 0.5) is 11.8 Å². The van der Waals surface area contributed by atoms with Gasteiger partial charge < -0.3 is 16.0 Å². The van der Waals surface area contributed by atoms with Crippen LogP contribution in [0.25, 0.3) is 5.52 Å². The van der Waals surface area contributed by atoms with Crippen molar-refractivity contribution in [3.8, 4) is 0 Å². The number of halogens is 1. The first-order valence-electron chi connectivity index (χ1n) is 11.0. The molecule has 4 aromatic rings. The summed E-state index contributed by atoms with van der Waals surface area (Å²) in [7, 11) is 0. The van der Waals surface area contributed by atoms with E-state index in [2.05, 4.69) is 25.4 Å². The lowest BCUT2D eigenvalue weighted by atomic mass is 10.0. The van der Waals surface area contributed by atoms with Crippen LogP contribution < -0.4 is 21.5 Å². The zero-order valence-corrected chi connectivity index (χ0v) is 20.0. The number of carbonyl (C=O) groups is 1. The van der Waals surface area contributed by atoms with Crippen LogP contribution in [0, 0.1) is 0 Å². The highest BCUT2D eigenvalue weighted by Crippen LogP contribution is 2.38. The zero-order chi connectivity index (χ0) is 24.1. The summed E-state index contributed by atoms with van der Waals surface area (Å²) in [5, 5.41) is 8.30. The predicted octanol–water partition coefficient (Wildman–Crippen LogP) is 1.58. The first-order chi connectivity index (χ1) is 17.0. The van der Waals surface area contributed by atoms with E-state index in [9.17, 15) is 9.59 Å². The summed E-state index contributed by atoms with van der Waals surface area (Å²) in [6.07, 6.45) is 4.76. The Morgan fingerprint density at radius 3 is 2.89 bits per heavy atom. The molecule has 0 radical (unpaired) electrons. The van der Waals surface area contributed by atoms with Gasteiger partial charge in [-0.2, -0.15) is 4.98 Å². The number of carbonyl (C=O) groups excluding carboxylic acids is 1. The molecule has 6 rings (SSSR count). The van der Waals surface area contributed by atoms with Gasteiger partial charge in [0.2, 0.25) is 5.95 Å². The number of fused-ring (bicyclic) bond motifs is 2. The Labute approximate surface area is 208 Å². The summed E-state index contributed by atoms with van der Waals surface area (Å²) in [6, 6.07) is 7.20. The van der Waals surface area contributed by atoms with Crippen LogP contribution in [0.5, 0.6) is 0 Å². The molecule has 1 fully saturated rings. The number of nitrogens with zero attached hydrogens (tertiary/aromatic N) is 7. The molecule has 4 aromatic heterocycles. The quantitative estimate of drug-likeness (QED) is 0.410. The van der Waals surface area contributed by atoms with Gasteiger partial charge in [-0.25, -0.2) is 9.50 Å². The molecule has 1 saturated heterocycles. The fourth-order valence-corrected chi connectivity index (χ4v) is 5.72. The van der Waals surface area contributed by atoms with Crippen molar-refractivity contribution in [2.75, 3.05) is 23.7 Å². The van der Waals surface area contributed by atoms with Crippen LogP contribution in [0.1, 0.15) is 28.2 Å². The summed E-state index contributed by atoms with van der Waals surface area (Å²) >= 11 is 7.71. The third-order valence-corrected chi connectivity index (χ3v) is 7.65. The van der Waals surface area contributed by atoms with Crippen LogP contribution in [0.3, 0.4) is 0 Å². The third-order valence-electron chi connectivity index (χ3n) is 6.07. The Kier molecular flexibility index (Phi) is 5.33. The van der Waals surface area contributed by atoms with Gasteiger partial charge in [0.1, 0.15) is 16.9 Å². The van der Waals surface area contributed by atoms with E-state index in [0.717, 1.165) is 12.1 Å². The highest BCUT2D eigenvalue weighted by atomic mass is 35.5. The van der Waals surface area contributed by atoms with E-state index in [1.54, 1.807) is 23.0 Å². The molecule has 0 saturated carbocycles. The van der Waals surface area contributed by atoms with Crippen molar-refractivity contribution < 1.29 is 4.79 Å². The molecule has 0 bridgehead atoms. The lowest BCUT2D eigenvalue weighted by Gasteiger charge is -2.42. The highest BCUT2D eigenvalue weighted by molar-refractivity contribution is 7.99. The van der Waals surface area contributed by atoms with E-state index in [4.69, 9.17) is 17.3 Å². The van der Waals surface area contributed by atoms with Crippen LogP contribution in [0.2, 0.25) is 5.02 Å². The minimum absolute atomic E-state index is 0.103. The number of nitrogens with two attached hydrogens (primary N) is 1. The van der Waals surface area contributed by atoms with Crippen molar-refractivity contribution in [2.24, 2.45) is 0 Å². The number of pyridine rings is 1. The largest absolute Gasteiger partial charge is 0.368 e. The smallest absolute Gasteiger partial charge is 0.280 e. The Balaban J connectivity index is 1.39. The number of rotatable bonds is 5. The third kappa shape index (κ3) is 3.78. The van der Waals surface area contributed by atoms with Crippen molar-refractivity contribution in [3.63, 3.8) is 0 Å². The molecule has 6 heterocycles. The first kappa shape index (κ1) is 21.9. The van der Waals surface area contributed by atoms with Gasteiger partial charge in [0, 0.05) is 31.9 Å². The van der Waals surface area contributed by atoms with Gasteiger partial charge in [-0.1, -0.05) is 29.4 Å². The average Bonchev–Trinajstić information content (AvgIpc) is 3.20. The molecule has 0 aliphatic carbocycles. The molecular formula is C22H20ClN9O2S. The molecule has 13 heteroatoms. The maximum Gasteiger partial charge on any atom is 0.280 e. The summed E-state index contributed by atoms with van der Waals surface area (Å²) in [4.78, 5) is 41.1. The maximum absolute atomic E-state index is 13.4. The van der Waals surface area contributed by atoms with E-state index >= 15 is 0 Å². The average molecular weight is 510 g/mol. The zero-order valence-electron chi connectivity index (χ0n) is 18.4. The van der Waals surface area contributed by atoms with E-state index in [1.807, 2.05) is 23.1 Å². The molecule has 11 nitrogen and oxygen atoms in total. The van der Waals surface area contributed by atoms with Crippen LogP contribution in [0.15, 0.2) is 46.6 Å². The number of nitrogens with one attached hydrogen (secondary N) is 1. The number of hydrogen-bond donors (Lipinski definition) is 2. The summed E-state index contributed by atoms with van der Waals surface area (Å²) in [5.41, 5.74) is 7.87. The van der Waals surface area contributed by atoms with E-state index in [1.165, 1.54) is 16.3 Å². The first-order valence-corrected chi connectivity index (χ1v) is 12.3. The topological polar surface area (TPSA) is 136 Å². The normalized spacial score (nSPS) is 17.2. The molecule has 1 atom stereocenters. The Bertz CT molecular complexity index is 1520. The highest BCUT2D eigenvalue weighted by Gasteiger charge is 2.37. The maximum atomic E-state index is 13.4. The molecule has 2 aliphatic rings. The number of anilines is 2. The number of hydrogen-bond acceptors (Lipinski definition) is 9. The molecule has 1 amide bonds. The molecule has 0 spiro atoms. The minimum atomic E-state index is -0.253. The standard InChI is InChI=1S/C22H20ClN9O2S/c23-13-5-10-32-17(13)20(34)31(11-12-3-1-2-7-25-12)22(29-32)35-15-6-9-30(15)18-16-14(27-21(24)28-18)4-8-26-19(16)33/h1-3,5,7,10,15H,4,6,8-9,11H2,(H,26,33)(H2,24,27,28). The fourth-order valence-electron chi connectivity index (χ4n) is 4.29. The second kappa shape index (κ2) is 8.54. The van der Waals surface area contributed by atoms with E-state index in [0.29, 0.717) is 52.3 Å². The van der Waals surface area contributed by atoms with Crippen molar-refractivity contribution in [3.05, 3.63) is 69.0 Å². The summed E-state index contributed by atoms with van der Waals surface area (Å²) < 4.78 is 3.09. The number of amides is 1. The van der Waals surface area contributed by atoms with Gasteiger partial charge in [-0.15, -0.1) is 5.10 Å². The van der Waals surface area contributed by atoms with Gasteiger partial charge in [-0.05, 0) is 24.6 Å². The van der Waals surface area contributed by atoms with Crippen LogP contribution >= 0.6 is 23.4 Å². The number of thioether (sulfide) groups is 1. The van der Waals surface area contributed by atoms with Gasteiger partial charge in [-0.3, -0.25) is 19.1 Å². The Hall–Kier alpha value is -3.64. The van der Waals surface area contributed by atoms with Crippen LogP contribution in [-0.4, -0.2) is 53.5 Å². The van der Waals surface area contributed by atoms with Gasteiger partial charge >= 0.3 is 0 Å². The molecular weight excluding hydrogens is 490 g/mol. The van der Waals surface area contributed by atoms with Gasteiger partial charge in [0.15, 0.2) is 5.16 Å². The van der Waals surface area contributed by atoms with E-state index < -0.39 is 0 Å². The monoisotopic (exact) mass is 509 g/mol. The van der Waals surface area contributed by atoms with Crippen LogP contribution in [-0.2, 0) is 13.0 Å². The Morgan fingerprint density at radius 2 is 2.11 bits per heavy atom. The summed E-state index contributed by atoms with van der Waals surface area (Å²) in [6.45, 7) is 1.46. The minimum Gasteiger partial charge on any atom is -0.368 e. The molecule has 2 aliphatic heterocycles. The van der Waals surface area contributed by atoms with Crippen molar-refractivity contribution in [1.82, 2.24) is 34.4 Å². The molecule has 35 heavy (non-hydrogen) atoms.